The number of anilines is 1. The molecule has 0 amide bonds. The van der Waals surface area contributed by atoms with Crippen LogP contribution >= 0.6 is 0 Å². The van der Waals surface area contributed by atoms with Gasteiger partial charge in [-0.2, -0.15) is 4.98 Å². The highest BCUT2D eigenvalue weighted by Gasteiger charge is 2.39. The zero-order chi connectivity index (χ0) is 12.5. The number of hydrogen-bond donors (Lipinski definition) is 2. The standard InChI is InChI=1S/C11H17N3O3/c1-2-11(7-15)5-3-9(17-11)14-6-4-8(12)13-10(14)16/h4,6,9,15H,2-3,5,7H2,1H3,(H2,12,13,16)/t9-,11+/m1/s1. The average Bonchev–Trinajstić information content (AvgIpc) is 2.74. The van der Waals surface area contributed by atoms with Crippen molar-refractivity contribution in [3.63, 3.8) is 0 Å². The van der Waals surface area contributed by atoms with E-state index in [1.165, 1.54) is 4.57 Å². The molecule has 1 aliphatic rings. The van der Waals surface area contributed by atoms with Crippen molar-refractivity contribution in [2.75, 3.05) is 12.3 Å². The Morgan fingerprint density at radius 2 is 2.53 bits per heavy atom. The van der Waals surface area contributed by atoms with Crippen molar-refractivity contribution in [2.45, 2.75) is 38.0 Å². The van der Waals surface area contributed by atoms with Crippen molar-refractivity contribution >= 4 is 5.82 Å². The zero-order valence-corrected chi connectivity index (χ0v) is 9.80. The fraction of sp³-hybridized carbons (Fsp3) is 0.636. The number of aliphatic hydroxyl groups is 1. The van der Waals surface area contributed by atoms with Crippen LogP contribution < -0.4 is 11.4 Å². The van der Waals surface area contributed by atoms with Crippen LogP contribution in [-0.4, -0.2) is 26.9 Å². The number of hydrogen-bond acceptors (Lipinski definition) is 5. The van der Waals surface area contributed by atoms with Gasteiger partial charge >= 0.3 is 5.69 Å². The molecule has 1 aliphatic heterocycles. The summed E-state index contributed by atoms with van der Waals surface area (Å²) in [6, 6.07) is 1.57. The van der Waals surface area contributed by atoms with Gasteiger partial charge in [-0.1, -0.05) is 6.92 Å². The number of rotatable bonds is 3. The summed E-state index contributed by atoms with van der Waals surface area (Å²) in [7, 11) is 0. The van der Waals surface area contributed by atoms with Crippen LogP contribution in [0.2, 0.25) is 0 Å². The van der Waals surface area contributed by atoms with Gasteiger partial charge in [0.2, 0.25) is 0 Å². The van der Waals surface area contributed by atoms with Crippen LogP contribution in [-0.2, 0) is 4.74 Å². The van der Waals surface area contributed by atoms with Gasteiger partial charge in [0.05, 0.1) is 12.2 Å². The van der Waals surface area contributed by atoms with Crippen LogP contribution in [0.3, 0.4) is 0 Å². The summed E-state index contributed by atoms with van der Waals surface area (Å²) in [5, 5.41) is 9.35. The van der Waals surface area contributed by atoms with E-state index < -0.39 is 11.3 Å². The molecular formula is C11H17N3O3. The molecule has 6 nitrogen and oxygen atoms in total. The van der Waals surface area contributed by atoms with Crippen LogP contribution in [0.1, 0.15) is 32.4 Å². The Balaban J connectivity index is 2.23. The first kappa shape index (κ1) is 12.1. The van der Waals surface area contributed by atoms with Gasteiger partial charge in [-0.25, -0.2) is 4.79 Å². The van der Waals surface area contributed by atoms with E-state index in [1.807, 2.05) is 6.92 Å². The fourth-order valence-corrected chi connectivity index (χ4v) is 2.12. The fourth-order valence-electron chi connectivity index (χ4n) is 2.12. The van der Waals surface area contributed by atoms with Crippen LogP contribution in [0.15, 0.2) is 17.1 Å². The third-order valence-corrected chi connectivity index (χ3v) is 3.33. The maximum atomic E-state index is 11.6. The highest BCUT2D eigenvalue weighted by molar-refractivity contribution is 5.23. The highest BCUT2D eigenvalue weighted by Crippen LogP contribution is 2.37. The van der Waals surface area contributed by atoms with Gasteiger partial charge in [0.25, 0.3) is 0 Å². The minimum atomic E-state index is -0.522. The molecule has 17 heavy (non-hydrogen) atoms. The molecule has 0 unspecified atom stereocenters. The lowest BCUT2D eigenvalue weighted by Gasteiger charge is -2.25. The number of ether oxygens (including phenoxy) is 1. The minimum Gasteiger partial charge on any atom is -0.393 e. The van der Waals surface area contributed by atoms with E-state index in [0.29, 0.717) is 6.42 Å². The topological polar surface area (TPSA) is 90.4 Å². The normalized spacial score (nSPS) is 28.5. The Bertz CT molecular complexity index is 454. The number of nitrogens with two attached hydrogens (primary N) is 1. The maximum absolute atomic E-state index is 11.6. The van der Waals surface area contributed by atoms with E-state index in [0.717, 1.165) is 12.8 Å². The molecule has 3 N–H and O–H groups in total. The van der Waals surface area contributed by atoms with Crippen molar-refractivity contribution in [2.24, 2.45) is 0 Å². The van der Waals surface area contributed by atoms with Gasteiger partial charge < -0.3 is 15.6 Å². The first-order valence-electron chi connectivity index (χ1n) is 5.73. The van der Waals surface area contributed by atoms with Gasteiger partial charge in [-0.15, -0.1) is 0 Å². The van der Waals surface area contributed by atoms with Gasteiger partial charge in [0, 0.05) is 6.20 Å². The molecule has 0 bridgehead atoms. The molecule has 0 aliphatic carbocycles. The Labute approximate surface area is 99.0 Å². The second kappa shape index (κ2) is 4.46. The summed E-state index contributed by atoms with van der Waals surface area (Å²) >= 11 is 0. The summed E-state index contributed by atoms with van der Waals surface area (Å²) in [5.74, 6) is 0.202. The molecule has 2 rings (SSSR count). The molecule has 1 aromatic heterocycles. The Kier molecular flexibility index (Phi) is 3.17. The van der Waals surface area contributed by atoms with Gasteiger partial charge in [0.1, 0.15) is 12.0 Å². The van der Waals surface area contributed by atoms with Crippen molar-refractivity contribution in [3.8, 4) is 0 Å². The predicted octanol–water partition coefficient (Wildman–Crippen LogP) is 0.276. The SMILES string of the molecule is CC[C@@]1(CO)CC[C@H](n2ccc(N)nc2=O)O1. The molecule has 6 heteroatoms. The third-order valence-electron chi connectivity index (χ3n) is 3.33. The second-order valence-corrected chi connectivity index (χ2v) is 4.35. The largest absolute Gasteiger partial charge is 0.393 e. The molecule has 2 atom stereocenters. The highest BCUT2D eigenvalue weighted by atomic mass is 16.5. The quantitative estimate of drug-likeness (QED) is 0.790. The van der Waals surface area contributed by atoms with Crippen molar-refractivity contribution in [3.05, 3.63) is 22.7 Å². The molecular weight excluding hydrogens is 222 g/mol. The molecule has 0 radical (unpaired) electrons. The van der Waals surface area contributed by atoms with Gasteiger partial charge in [0.15, 0.2) is 0 Å². The molecule has 2 heterocycles. The van der Waals surface area contributed by atoms with Gasteiger partial charge in [-0.3, -0.25) is 4.57 Å². The lowest BCUT2D eigenvalue weighted by atomic mass is 9.98. The first-order valence-corrected chi connectivity index (χ1v) is 5.73. The summed E-state index contributed by atoms with van der Waals surface area (Å²) in [5.41, 5.74) is 4.49. The first-order chi connectivity index (χ1) is 8.10. The lowest BCUT2D eigenvalue weighted by Crippen LogP contribution is -2.34. The third kappa shape index (κ3) is 2.18. The van der Waals surface area contributed by atoms with Crippen LogP contribution in [0.4, 0.5) is 5.82 Å². The van der Waals surface area contributed by atoms with E-state index in [2.05, 4.69) is 4.98 Å². The van der Waals surface area contributed by atoms with Gasteiger partial charge in [-0.05, 0) is 25.3 Å². The van der Waals surface area contributed by atoms with Crippen LogP contribution in [0.25, 0.3) is 0 Å². The summed E-state index contributed by atoms with van der Waals surface area (Å²) in [4.78, 5) is 15.3. The number of nitrogens with zero attached hydrogens (tertiary/aromatic N) is 2. The summed E-state index contributed by atoms with van der Waals surface area (Å²) in [6.45, 7) is 1.93. The minimum absolute atomic E-state index is 0.0306. The predicted molar refractivity (Wildman–Crippen MR) is 62.4 cm³/mol. The maximum Gasteiger partial charge on any atom is 0.351 e. The Morgan fingerprint density at radius 1 is 1.76 bits per heavy atom. The van der Waals surface area contributed by atoms with Crippen LogP contribution in [0.5, 0.6) is 0 Å². The monoisotopic (exact) mass is 239 g/mol. The molecule has 1 fully saturated rings. The lowest BCUT2D eigenvalue weighted by molar-refractivity contribution is -0.101. The van der Waals surface area contributed by atoms with E-state index in [1.54, 1.807) is 12.3 Å². The molecule has 0 aromatic carbocycles. The molecule has 1 saturated heterocycles. The molecule has 0 spiro atoms. The smallest absolute Gasteiger partial charge is 0.351 e. The van der Waals surface area contributed by atoms with Crippen LogP contribution in [0, 0.1) is 0 Å². The summed E-state index contributed by atoms with van der Waals surface area (Å²) in [6.07, 6.45) is 3.37. The Hall–Kier alpha value is -1.40. The molecule has 0 saturated carbocycles. The number of nitrogen functional groups attached to an aromatic ring is 1. The van der Waals surface area contributed by atoms with E-state index in [-0.39, 0.29) is 18.7 Å². The van der Waals surface area contributed by atoms with E-state index >= 15 is 0 Å². The second-order valence-electron chi connectivity index (χ2n) is 4.35. The van der Waals surface area contributed by atoms with Crippen molar-refractivity contribution < 1.29 is 9.84 Å². The van der Waals surface area contributed by atoms with Crippen molar-refractivity contribution in [1.29, 1.82) is 0 Å². The van der Waals surface area contributed by atoms with E-state index in [9.17, 15) is 9.90 Å². The Morgan fingerprint density at radius 3 is 3.06 bits per heavy atom. The molecule has 1 aromatic rings. The van der Waals surface area contributed by atoms with Crippen molar-refractivity contribution in [1.82, 2.24) is 9.55 Å². The summed E-state index contributed by atoms with van der Waals surface area (Å²) < 4.78 is 7.21. The molecule has 94 valence electrons. The number of aromatic nitrogens is 2. The zero-order valence-electron chi connectivity index (χ0n) is 9.80. The average molecular weight is 239 g/mol. The van der Waals surface area contributed by atoms with E-state index in [4.69, 9.17) is 10.5 Å². The number of aliphatic hydroxyl groups excluding tert-OH is 1.